The van der Waals surface area contributed by atoms with E-state index in [1.807, 2.05) is 12.1 Å². The molecular weight excluding hydrogens is 337 g/mol. The van der Waals surface area contributed by atoms with Crippen molar-refractivity contribution >= 4 is 16.9 Å². The number of nitrogens with one attached hydrogen (secondary N) is 1. The Morgan fingerprint density at radius 3 is 2.65 bits per heavy atom. The van der Waals surface area contributed by atoms with Crippen LogP contribution in [0, 0.1) is 5.82 Å². The summed E-state index contributed by atoms with van der Waals surface area (Å²) in [6.07, 6.45) is 0. The lowest BCUT2D eigenvalue weighted by atomic mass is 9.95. The van der Waals surface area contributed by atoms with E-state index in [4.69, 9.17) is 13.9 Å². The number of carbonyl (C=O) groups is 1. The van der Waals surface area contributed by atoms with Crippen molar-refractivity contribution in [2.45, 2.75) is 12.5 Å². The summed E-state index contributed by atoms with van der Waals surface area (Å²) in [5, 5.41) is 3.51. The largest absolute Gasteiger partial charge is 0.493 e. The van der Waals surface area contributed by atoms with Crippen LogP contribution in [0.25, 0.3) is 11.0 Å². The van der Waals surface area contributed by atoms with Crippen molar-refractivity contribution in [3.05, 3.63) is 65.7 Å². The molecule has 0 spiro atoms. The maximum Gasteiger partial charge on any atom is 0.287 e. The number of ether oxygens (including phenoxy) is 2. The van der Waals surface area contributed by atoms with Gasteiger partial charge < -0.3 is 19.2 Å². The summed E-state index contributed by atoms with van der Waals surface area (Å²) < 4.78 is 30.5. The van der Waals surface area contributed by atoms with E-state index in [9.17, 15) is 9.18 Å². The van der Waals surface area contributed by atoms with Crippen LogP contribution in [-0.2, 0) is 10.3 Å². The molecule has 0 radical (unpaired) electrons. The van der Waals surface area contributed by atoms with Crippen molar-refractivity contribution in [1.29, 1.82) is 0 Å². The van der Waals surface area contributed by atoms with Crippen LogP contribution in [0.5, 0.6) is 5.75 Å². The van der Waals surface area contributed by atoms with Crippen LogP contribution in [0.2, 0.25) is 0 Å². The SMILES string of the molecule is COc1cccc2cc(C(=O)NC[C@@](C)(OC)c3ccccc3F)oc12. The molecule has 1 N–H and O–H groups in total. The lowest BCUT2D eigenvalue weighted by Crippen LogP contribution is -2.40. The Bertz CT molecular complexity index is 936. The van der Waals surface area contributed by atoms with Gasteiger partial charge in [-0.1, -0.05) is 30.3 Å². The minimum Gasteiger partial charge on any atom is -0.493 e. The molecule has 0 aliphatic heterocycles. The van der Waals surface area contributed by atoms with Crippen molar-refractivity contribution in [3.63, 3.8) is 0 Å². The van der Waals surface area contributed by atoms with Gasteiger partial charge >= 0.3 is 0 Å². The molecule has 3 aromatic rings. The van der Waals surface area contributed by atoms with E-state index in [0.29, 0.717) is 16.9 Å². The van der Waals surface area contributed by atoms with Gasteiger partial charge in [-0.25, -0.2) is 4.39 Å². The minimum atomic E-state index is -1.01. The summed E-state index contributed by atoms with van der Waals surface area (Å²) in [5.74, 6) is -0.103. The van der Waals surface area contributed by atoms with Gasteiger partial charge in [0.15, 0.2) is 17.1 Å². The molecule has 0 fully saturated rings. The molecule has 0 saturated carbocycles. The molecule has 26 heavy (non-hydrogen) atoms. The first-order chi connectivity index (χ1) is 12.5. The predicted molar refractivity (Wildman–Crippen MR) is 95.9 cm³/mol. The molecular formula is C20H20FNO4. The Hall–Kier alpha value is -2.86. The van der Waals surface area contributed by atoms with E-state index in [1.165, 1.54) is 20.3 Å². The number of para-hydroxylation sites is 1. The lowest BCUT2D eigenvalue weighted by Gasteiger charge is -2.29. The summed E-state index contributed by atoms with van der Waals surface area (Å²) in [6, 6.07) is 13.4. The fourth-order valence-electron chi connectivity index (χ4n) is 2.81. The predicted octanol–water partition coefficient (Wildman–Crippen LogP) is 3.87. The number of rotatable bonds is 6. The molecule has 2 aromatic carbocycles. The smallest absolute Gasteiger partial charge is 0.287 e. The van der Waals surface area contributed by atoms with Crippen LogP contribution in [-0.4, -0.2) is 26.7 Å². The van der Waals surface area contributed by atoms with E-state index >= 15 is 0 Å². The van der Waals surface area contributed by atoms with Crippen LogP contribution in [0.15, 0.2) is 52.9 Å². The Labute approximate surface area is 150 Å². The molecule has 1 atom stereocenters. The number of carbonyl (C=O) groups excluding carboxylic acids is 1. The van der Waals surface area contributed by atoms with Gasteiger partial charge in [-0.3, -0.25) is 4.79 Å². The van der Waals surface area contributed by atoms with Crippen molar-refractivity contribution in [1.82, 2.24) is 5.32 Å². The second-order valence-corrected chi connectivity index (χ2v) is 6.09. The van der Waals surface area contributed by atoms with E-state index in [2.05, 4.69) is 5.32 Å². The van der Waals surface area contributed by atoms with Crippen molar-refractivity contribution in [2.75, 3.05) is 20.8 Å². The summed E-state index contributed by atoms with van der Waals surface area (Å²) >= 11 is 0. The van der Waals surface area contributed by atoms with E-state index in [1.54, 1.807) is 37.3 Å². The van der Waals surface area contributed by atoms with Gasteiger partial charge in [0.1, 0.15) is 11.4 Å². The second kappa shape index (κ2) is 7.17. The van der Waals surface area contributed by atoms with Crippen molar-refractivity contribution in [2.24, 2.45) is 0 Å². The summed E-state index contributed by atoms with van der Waals surface area (Å²) in [5.41, 5.74) is -0.136. The Balaban J connectivity index is 1.80. The van der Waals surface area contributed by atoms with Gasteiger partial charge in [0.25, 0.3) is 5.91 Å². The van der Waals surface area contributed by atoms with Gasteiger partial charge in [-0.2, -0.15) is 0 Å². The molecule has 1 heterocycles. The quantitative estimate of drug-likeness (QED) is 0.727. The van der Waals surface area contributed by atoms with Gasteiger partial charge in [0.2, 0.25) is 0 Å². The summed E-state index contributed by atoms with van der Waals surface area (Å²) in [6.45, 7) is 1.80. The molecule has 5 nitrogen and oxygen atoms in total. The van der Waals surface area contributed by atoms with Gasteiger partial charge in [0, 0.05) is 18.1 Å². The molecule has 0 aliphatic carbocycles. The normalized spacial score (nSPS) is 13.4. The third-order valence-corrected chi connectivity index (χ3v) is 4.43. The number of fused-ring (bicyclic) bond motifs is 1. The van der Waals surface area contributed by atoms with E-state index < -0.39 is 11.5 Å². The average Bonchev–Trinajstić information content (AvgIpc) is 3.10. The zero-order chi connectivity index (χ0) is 18.7. The Kier molecular flexibility index (Phi) is 4.95. The van der Waals surface area contributed by atoms with Crippen LogP contribution >= 0.6 is 0 Å². The zero-order valence-electron chi connectivity index (χ0n) is 14.8. The first kappa shape index (κ1) is 17.9. The van der Waals surface area contributed by atoms with Crippen LogP contribution in [0.1, 0.15) is 23.0 Å². The zero-order valence-corrected chi connectivity index (χ0v) is 14.8. The van der Waals surface area contributed by atoms with Crippen molar-refractivity contribution < 1.29 is 23.1 Å². The highest BCUT2D eigenvalue weighted by molar-refractivity contribution is 5.97. The van der Waals surface area contributed by atoms with Crippen LogP contribution < -0.4 is 10.1 Å². The third-order valence-electron chi connectivity index (χ3n) is 4.43. The van der Waals surface area contributed by atoms with Gasteiger partial charge in [0.05, 0.1) is 13.7 Å². The number of halogens is 1. The molecule has 0 bridgehead atoms. The standard InChI is InChI=1S/C20H20FNO4/c1-20(25-3,14-8-4-5-9-15(14)21)12-22-19(23)17-11-13-7-6-10-16(24-2)18(13)26-17/h4-11H,12H2,1-3H3,(H,22,23)/t20-/m1/s1. The fourth-order valence-corrected chi connectivity index (χ4v) is 2.81. The first-order valence-corrected chi connectivity index (χ1v) is 8.13. The molecule has 0 aliphatic rings. The maximum absolute atomic E-state index is 14.1. The van der Waals surface area contributed by atoms with Crippen LogP contribution in [0.4, 0.5) is 4.39 Å². The molecule has 0 unspecified atom stereocenters. The van der Waals surface area contributed by atoms with Gasteiger partial charge in [-0.05, 0) is 25.1 Å². The molecule has 6 heteroatoms. The Morgan fingerprint density at radius 2 is 1.96 bits per heavy atom. The number of hydrogen-bond acceptors (Lipinski definition) is 4. The topological polar surface area (TPSA) is 60.7 Å². The number of furan rings is 1. The first-order valence-electron chi connectivity index (χ1n) is 8.13. The summed E-state index contributed by atoms with van der Waals surface area (Å²) in [4.78, 5) is 12.5. The monoisotopic (exact) mass is 357 g/mol. The maximum atomic E-state index is 14.1. The Morgan fingerprint density at radius 1 is 1.19 bits per heavy atom. The lowest BCUT2D eigenvalue weighted by molar-refractivity contribution is 0.000199. The number of methoxy groups -OCH3 is 2. The number of hydrogen-bond donors (Lipinski definition) is 1. The van der Waals surface area contributed by atoms with Crippen molar-refractivity contribution in [3.8, 4) is 5.75 Å². The van der Waals surface area contributed by atoms with E-state index in [0.717, 1.165) is 5.39 Å². The van der Waals surface area contributed by atoms with Gasteiger partial charge in [-0.15, -0.1) is 0 Å². The van der Waals surface area contributed by atoms with Crippen LogP contribution in [0.3, 0.4) is 0 Å². The highest BCUT2D eigenvalue weighted by Crippen LogP contribution is 2.29. The number of benzene rings is 2. The molecule has 0 saturated heterocycles. The second-order valence-electron chi connectivity index (χ2n) is 6.09. The summed E-state index contributed by atoms with van der Waals surface area (Å²) in [7, 11) is 3.01. The molecule has 1 amide bonds. The highest BCUT2D eigenvalue weighted by Gasteiger charge is 2.30. The van der Waals surface area contributed by atoms with E-state index in [-0.39, 0.29) is 18.1 Å². The third kappa shape index (κ3) is 3.28. The average molecular weight is 357 g/mol. The molecule has 3 rings (SSSR count). The highest BCUT2D eigenvalue weighted by atomic mass is 19.1. The molecule has 136 valence electrons. The fraction of sp³-hybridized carbons (Fsp3) is 0.250. The molecule has 1 aromatic heterocycles. The number of amides is 1. The minimum absolute atomic E-state index is 0.0808.